The summed E-state index contributed by atoms with van der Waals surface area (Å²) in [6, 6.07) is 1.83. The fourth-order valence-electron chi connectivity index (χ4n) is 10.1. The molecule has 4 heteroatoms. The third-order valence-electron chi connectivity index (χ3n) is 11.9. The first kappa shape index (κ1) is 24.8. The lowest BCUT2D eigenvalue weighted by Gasteiger charge is -2.55. The topological polar surface area (TPSA) is 35.6 Å². The number of rotatable bonds is 5. The molecule has 0 aromatic heterocycles. The number of fused-ring (bicyclic) bond motifs is 4. The molecule has 5 rings (SSSR count). The van der Waals surface area contributed by atoms with Gasteiger partial charge in [-0.15, -0.1) is 0 Å². The number of hydrogen-bond acceptors (Lipinski definition) is 3. The van der Waals surface area contributed by atoms with Crippen LogP contribution in [0.4, 0.5) is 0 Å². The minimum absolute atomic E-state index is 0.0498. The highest BCUT2D eigenvalue weighted by atomic mass is 16.2. The molecule has 0 aromatic rings. The molecule has 1 aliphatic heterocycles. The van der Waals surface area contributed by atoms with Gasteiger partial charge in [-0.2, -0.15) is 0 Å². The summed E-state index contributed by atoms with van der Waals surface area (Å²) in [4.78, 5) is 18.1. The minimum atomic E-state index is -0.0498. The molecule has 0 radical (unpaired) electrons. The first-order valence-corrected chi connectivity index (χ1v) is 14.5. The second kappa shape index (κ2) is 9.21. The third-order valence-corrected chi connectivity index (χ3v) is 11.9. The largest absolute Gasteiger partial charge is 0.341 e. The normalized spacial score (nSPS) is 44.6. The van der Waals surface area contributed by atoms with Crippen LogP contribution in [0.15, 0.2) is 11.6 Å². The van der Waals surface area contributed by atoms with E-state index < -0.39 is 0 Å². The second-order valence-electron chi connectivity index (χ2n) is 13.3. The van der Waals surface area contributed by atoms with Gasteiger partial charge in [0.15, 0.2) is 0 Å². The number of carbonyl (C=O) groups excluding carboxylic acids is 1. The Morgan fingerprint density at radius 1 is 1.15 bits per heavy atom. The molecule has 10 atom stereocenters. The first-order valence-electron chi connectivity index (χ1n) is 14.5. The van der Waals surface area contributed by atoms with Crippen LogP contribution in [0.1, 0.15) is 85.5 Å². The number of likely N-dealkylation sites (tertiary alicyclic amines) is 1. The molecule has 1 N–H and O–H groups in total. The number of carbonyl (C=O) groups is 1. The number of likely N-dealkylation sites (N-methyl/N-ethyl adjacent to an activating group) is 2. The molecule has 0 aromatic carbocycles. The highest BCUT2D eigenvalue weighted by molar-refractivity contribution is 5.82. The lowest BCUT2D eigenvalue weighted by atomic mass is 9.50. The smallest absolute Gasteiger partial charge is 0.239 e. The molecule has 192 valence electrons. The molecule has 1 spiro atoms. The number of allylic oxidation sites excluding steroid dienone is 1. The van der Waals surface area contributed by atoms with E-state index in [-0.39, 0.29) is 6.04 Å². The summed E-state index contributed by atoms with van der Waals surface area (Å²) in [5.74, 6) is 5.27. The van der Waals surface area contributed by atoms with Crippen molar-refractivity contribution in [3.8, 4) is 0 Å². The van der Waals surface area contributed by atoms with Crippen LogP contribution in [0.3, 0.4) is 0 Å². The average molecular weight is 470 g/mol. The lowest BCUT2D eigenvalue weighted by Crippen LogP contribution is -2.52. The van der Waals surface area contributed by atoms with Crippen LogP contribution in [0.25, 0.3) is 0 Å². The Hall–Kier alpha value is -0.870. The number of nitrogens with zero attached hydrogens (tertiary/aromatic N) is 2. The quantitative estimate of drug-likeness (QED) is 0.552. The fourth-order valence-corrected chi connectivity index (χ4v) is 10.1. The summed E-state index contributed by atoms with van der Waals surface area (Å²) >= 11 is 0. The summed E-state index contributed by atoms with van der Waals surface area (Å²) in [5.41, 5.74) is 2.29. The van der Waals surface area contributed by atoms with E-state index in [0.717, 1.165) is 54.5 Å². The van der Waals surface area contributed by atoms with E-state index in [1.54, 1.807) is 5.57 Å². The molecule has 4 aliphatic carbocycles. The Balaban J connectivity index is 1.30. The Kier molecular flexibility index (Phi) is 6.72. The van der Waals surface area contributed by atoms with Crippen molar-refractivity contribution in [2.75, 3.05) is 21.1 Å². The Morgan fingerprint density at radius 3 is 2.59 bits per heavy atom. The third kappa shape index (κ3) is 3.64. The van der Waals surface area contributed by atoms with E-state index in [1.165, 1.54) is 44.9 Å². The highest BCUT2D eigenvalue weighted by Crippen LogP contribution is 2.68. The maximum Gasteiger partial charge on any atom is 0.239 e. The molecule has 1 saturated heterocycles. The number of nitrogens with one attached hydrogen (secondary N) is 1. The maximum atomic E-state index is 13.3. The summed E-state index contributed by atoms with van der Waals surface area (Å²) in [6.45, 7) is 9.47. The van der Waals surface area contributed by atoms with Crippen molar-refractivity contribution in [3.05, 3.63) is 11.6 Å². The van der Waals surface area contributed by atoms with Crippen molar-refractivity contribution in [1.29, 1.82) is 0 Å². The van der Waals surface area contributed by atoms with Gasteiger partial charge in [-0.3, -0.25) is 4.79 Å². The maximum absolute atomic E-state index is 13.3. The summed E-state index contributed by atoms with van der Waals surface area (Å²) < 4.78 is 0. The lowest BCUT2D eigenvalue weighted by molar-refractivity contribution is -0.135. The van der Waals surface area contributed by atoms with Crippen LogP contribution >= 0.6 is 0 Å². The molecule has 4 nitrogen and oxygen atoms in total. The average Bonchev–Trinajstić information content (AvgIpc) is 3.31. The summed E-state index contributed by atoms with van der Waals surface area (Å²) in [6.07, 6.45) is 14.3. The molecule has 9 unspecified atom stereocenters. The van der Waals surface area contributed by atoms with Crippen molar-refractivity contribution in [1.82, 2.24) is 15.1 Å². The summed E-state index contributed by atoms with van der Waals surface area (Å²) in [5, 5.41) is 3.29. The van der Waals surface area contributed by atoms with Gasteiger partial charge in [-0.25, -0.2) is 0 Å². The van der Waals surface area contributed by atoms with Gasteiger partial charge in [-0.1, -0.05) is 25.5 Å². The molecule has 0 bridgehead atoms. The molecule has 1 amide bonds. The van der Waals surface area contributed by atoms with Crippen LogP contribution < -0.4 is 5.32 Å². The first-order chi connectivity index (χ1) is 16.2. The number of amides is 1. The van der Waals surface area contributed by atoms with Crippen LogP contribution in [-0.2, 0) is 4.79 Å². The Morgan fingerprint density at radius 2 is 1.88 bits per heavy atom. The van der Waals surface area contributed by atoms with Gasteiger partial charge in [0.1, 0.15) is 0 Å². The van der Waals surface area contributed by atoms with Gasteiger partial charge in [-0.05, 0) is 127 Å². The molecule has 4 fully saturated rings. The van der Waals surface area contributed by atoms with Gasteiger partial charge in [0.2, 0.25) is 5.91 Å². The van der Waals surface area contributed by atoms with E-state index in [0.29, 0.717) is 23.3 Å². The van der Waals surface area contributed by atoms with Gasteiger partial charge in [0.25, 0.3) is 0 Å². The molecular formula is C30H51N3O. The summed E-state index contributed by atoms with van der Waals surface area (Å²) in [7, 11) is 6.39. The van der Waals surface area contributed by atoms with E-state index in [2.05, 4.69) is 63.0 Å². The highest BCUT2D eigenvalue weighted by Gasteiger charge is 2.65. The van der Waals surface area contributed by atoms with Gasteiger partial charge < -0.3 is 15.1 Å². The van der Waals surface area contributed by atoms with E-state index in [9.17, 15) is 4.79 Å². The predicted molar refractivity (Wildman–Crippen MR) is 140 cm³/mol. The number of hydrogen-bond donors (Lipinski definition) is 1. The van der Waals surface area contributed by atoms with E-state index in [1.807, 2.05) is 7.05 Å². The van der Waals surface area contributed by atoms with Crippen LogP contribution in [0.2, 0.25) is 0 Å². The van der Waals surface area contributed by atoms with Crippen LogP contribution in [0.5, 0.6) is 0 Å². The standard InChI is InChI=1S/C30H51N3O/c1-18(2)16-28(31-5)29(34)33(7)22-9-11-23-21(17-22)8-10-25-24(23)14-15-30-20(4)32(6)19(3)26(30)12-13-27(25)30/h8,18-20,22-28,31H,9-17H2,1-7H3/t19?,20-,22?,23?,24?,25?,26?,27?,28?,30?/m0/s1. The zero-order valence-electron chi connectivity index (χ0n) is 23.0. The van der Waals surface area contributed by atoms with E-state index >= 15 is 0 Å². The molecule has 5 aliphatic rings. The SMILES string of the molecule is CNC(CC(C)C)C(=O)N(C)C1CCC2C(=CCC3C2CCC24C3CCC2C(C)N(C)[C@H]4C)C1. The van der Waals surface area contributed by atoms with Crippen molar-refractivity contribution in [2.45, 2.75) is 110 Å². The zero-order chi connectivity index (χ0) is 24.4. The molecular weight excluding hydrogens is 418 g/mol. The Bertz CT molecular complexity index is 807. The van der Waals surface area contributed by atoms with Crippen LogP contribution in [-0.4, -0.2) is 61.0 Å². The van der Waals surface area contributed by atoms with Crippen molar-refractivity contribution in [2.24, 2.45) is 40.9 Å². The predicted octanol–water partition coefficient (Wildman–Crippen LogP) is 5.34. The van der Waals surface area contributed by atoms with Crippen LogP contribution in [0, 0.1) is 40.9 Å². The van der Waals surface area contributed by atoms with Crippen molar-refractivity contribution < 1.29 is 4.79 Å². The van der Waals surface area contributed by atoms with Gasteiger partial charge in [0.05, 0.1) is 6.04 Å². The zero-order valence-corrected chi connectivity index (χ0v) is 23.0. The second-order valence-corrected chi connectivity index (χ2v) is 13.3. The Labute approximate surface area is 209 Å². The van der Waals surface area contributed by atoms with Gasteiger partial charge in [0, 0.05) is 25.2 Å². The van der Waals surface area contributed by atoms with E-state index in [4.69, 9.17) is 0 Å². The molecule has 1 heterocycles. The fraction of sp³-hybridized carbons (Fsp3) is 0.900. The monoisotopic (exact) mass is 469 g/mol. The molecule has 34 heavy (non-hydrogen) atoms. The van der Waals surface area contributed by atoms with Crippen molar-refractivity contribution in [3.63, 3.8) is 0 Å². The van der Waals surface area contributed by atoms with Crippen molar-refractivity contribution >= 4 is 5.91 Å². The van der Waals surface area contributed by atoms with Gasteiger partial charge >= 0.3 is 0 Å². The minimum Gasteiger partial charge on any atom is -0.341 e. The molecule has 3 saturated carbocycles.